The highest BCUT2D eigenvalue weighted by atomic mass is 16.6. The zero-order valence-electron chi connectivity index (χ0n) is 10.7. The van der Waals surface area contributed by atoms with Crippen molar-refractivity contribution in [1.29, 1.82) is 0 Å². The number of carbonyl (C=O) groups excluding carboxylic acids is 2. The Bertz CT molecular complexity index is 571. The summed E-state index contributed by atoms with van der Waals surface area (Å²) in [6.07, 6.45) is 0. The van der Waals surface area contributed by atoms with Crippen LogP contribution >= 0.6 is 0 Å². The molecule has 8 nitrogen and oxygen atoms in total. The van der Waals surface area contributed by atoms with Gasteiger partial charge in [0.05, 0.1) is 31.2 Å². The first-order valence-electron chi connectivity index (χ1n) is 5.80. The van der Waals surface area contributed by atoms with Crippen LogP contribution in [0.4, 0.5) is 5.69 Å². The molecule has 1 aliphatic heterocycles. The quantitative estimate of drug-likeness (QED) is 0.321. The van der Waals surface area contributed by atoms with Crippen molar-refractivity contribution >= 4 is 17.6 Å². The minimum absolute atomic E-state index is 0.0866. The number of nitro groups is 1. The van der Waals surface area contributed by atoms with Crippen molar-refractivity contribution in [2.45, 2.75) is 6.54 Å². The highest BCUT2D eigenvalue weighted by molar-refractivity contribution is 6.32. The molecule has 0 N–H and O–H groups in total. The number of methoxy groups -OCH3 is 1. The van der Waals surface area contributed by atoms with Crippen LogP contribution in [-0.4, -0.2) is 42.0 Å². The third kappa shape index (κ3) is 2.68. The van der Waals surface area contributed by atoms with Gasteiger partial charge in [-0.3, -0.25) is 14.9 Å². The van der Waals surface area contributed by atoms with E-state index in [1.54, 1.807) is 0 Å². The Labute approximate surface area is 114 Å². The van der Waals surface area contributed by atoms with Crippen molar-refractivity contribution < 1.29 is 24.0 Å². The lowest BCUT2D eigenvalue weighted by molar-refractivity contribution is -0.384. The van der Waals surface area contributed by atoms with Gasteiger partial charge in [-0.1, -0.05) is 0 Å². The average molecular weight is 280 g/mol. The Hall–Kier alpha value is -2.64. The second-order valence-electron chi connectivity index (χ2n) is 4.12. The zero-order chi connectivity index (χ0) is 14.7. The number of esters is 1. The number of benzene rings is 1. The maximum absolute atomic E-state index is 11.8. The molecule has 1 aromatic rings. The van der Waals surface area contributed by atoms with E-state index < -0.39 is 16.8 Å². The molecule has 0 radical (unpaired) electrons. The molecule has 2 rings (SSSR count). The van der Waals surface area contributed by atoms with Gasteiger partial charge < -0.3 is 14.4 Å². The fraction of sp³-hybridized carbons (Fsp3) is 0.333. The van der Waals surface area contributed by atoms with Gasteiger partial charge in [0, 0.05) is 11.6 Å². The minimum atomic E-state index is -0.949. The summed E-state index contributed by atoms with van der Waals surface area (Å²) >= 11 is 0. The maximum Gasteiger partial charge on any atom is 0.396 e. The Balaban J connectivity index is 2.24. The summed E-state index contributed by atoms with van der Waals surface area (Å²) < 4.78 is 9.77. The number of ether oxygens (including phenoxy) is 2. The zero-order valence-corrected chi connectivity index (χ0v) is 10.7. The van der Waals surface area contributed by atoms with Crippen molar-refractivity contribution in [3.63, 3.8) is 0 Å². The Morgan fingerprint density at radius 2 is 2.20 bits per heavy atom. The smallest absolute Gasteiger partial charge is 0.396 e. The monoisotopic (exact) mass is 280 g/mol. The molecule has 0 atom stereocenters. The van der Waals surface area contributed by atoms with Crippen LogP contribution in [0.5, 0.6) is 5.75 Å². The number of non-ortho nitro benzene ring substituents is 1. The van der Waals surface area contributed by atoms with Crippen LogP contribution < -0.4 is 4.74 Å². The molecule has 0 aromatic heterocycles. The number of carbonyl (C=O) groups is 2. The van der Waals surface area contributed by atoms with E-state index in [0.29, 0.717) is 11.3 Å². The fourth-order valence-electron chi connectivity index (χ4n) is 1.86. The van der Waals surface area contributed by atoms with Crippen LogP contribution in [0.15, 0.2) is 18.2 Å². The van der Waals surface area contributed by atoms with E-state index in [2.05, 4.69) is 4.74 Å². The second-order valence-corrected chi connectivity index (χ2v) is 4.12. The van der Waals surface area contributed by atoms with Gasteiger partial charge in [0.2, 0.25) is 0 Å². The van der Waals surface area contributed by atoms with Crippen LogP contribution in [0.3, 0.4) is 0 Å². The topological polar surface area (TPSA) is 99.0 Å². The second kappa shape index (κ2) is 5.55. The molecule has 1 amide bonds. The van der Waals surface area contributed by atoms with E-state index in [4.69, 9.17) is 4.74 Å². The highest BCUT2D eigenvalue weighted by Crippen LogP contribution is 2.27. The number of amides is 1. The normalized spacial score (nSPS) is 13.8. The average Bonchev–Trinajstić information content (AvgIpc) is 2.66. The van der Waals surface area contributed by atoms with Crippen LogP contribution in [0.25, 0.3) is 0 Å². The Morgan fingerprint density at radius 1 is 1.45 bits per heavy atom. The van der Waals surface area contributed by atoms with E-state index in [1.807, 2.05) is 0 Å². The maximum atomic E-state index is 11.8. The molecule has 20 heavy (non-hydrogen) atoms. The number of hydrogen-bond acceptors (Lipinski definition) is 6. The minimum Gasteiger partial charge on any atom is -0.491 e. The van der Waals surface area contributed by atoms with Crippen molar-refractivity contribution in [2.75, 3.05) is 20.3 Å². The molecule has 0 spiro atoms. The number of nitro benzene ring substituents is 1. The van der Waals surface area contributed by atoms with Gasteiger partial charge in [0.15, 0.2) is 0 Å². The van der Waals surface area contributed by atoms with Gasteiger partial charge in [0.25, 0.3) is 5.69 Å². The number of rotatable bonds is 1. The van der Waals surface area contributed by atoms with Gasteiger partial charge >= 0.3 is 11.9 Å². The molecule has 0 saturated heterocycles. The van der Waals surface area contributed by atoms with Crippen LogP contribution in [0.1, 0.15) is 5.56 Å². The lowest BCUT2D eigenvalue weighted by Crippen LogP contribution is -2.38. The third-order valence-electron chi connectivity index (χ3n) is 2.89. The van der Waals surface area contributed by atoms with E-state index in [0.717, 1.165) is 7.11 Å². The molecule has 0 bridgehead atoms. The summed E-state index contributed by atoms with van der Waals surface area (Å²) in [5, 5.41) is 10.7. The SMILES string of the molecule is COC(=O)C(=O)N1CCOc2cc([N+](=O)[O-])ccc2C1. The van der Waals surface area contributed by atoms with Crippen LogP contribution in [0, 0.1) is 10.1 Å². The van der Waals surface area contributed by atoms with Crippen molar-refractivity contribution in [3.8, 4) is 5.75 Å². The molecule has 106 valence electrons. The summed E-state index contributed by atoms with van der Waals surface area (Å²) in [6, 6.07) is 4.14. The first kappa shape index (κ1) is 13.8. The predicted octanol–water partition coefficient (Wildman–Crippen LogP) is 0.489. The molecular formula is C12H12N2O6. The molecule has 1 aromatic carbocycles. The molecule has 0 aliphatic carbocycles. The number of nitrogens with zero attached hydrogens (tertiary/aromatic N) is 2. The molecule has 0 fully saturated rings. The lowest BCUT2D eigenvalue weighted by Gasteiger charge is -2.17. The Morgan fingerprint density at radius 3 is 2.85 bits per heavy atom. The summed E-state index contributed by atoms with van der Waals surface area (Å²) in [5.74, 6) is -1.36. The first-order chi connectivity index (χ1) is 9.52. The van der Waals surface area contributed by atoms with E-state index in [1.165, 1.54) is 23.1 Å². The lowest BCUT2D eigenvalue weighted by atomic mass is 10.1. The predicted molar refractivity (Wildman–Crippen MR) is 66.0 cm³/mol. The van der Waals surface area contributed by atoms with E-state index in [9.17, 15) is 19.7 Å². The summed E-state index contributed by atoms with van der Waals surface area (Å²) in [6.45, 7) is 0.495. The first-order valence-corrected chi connectivity index (χ1v) is 5.80. The van der Waals surface area contributed by atoms with Crippen LogP contribution in [-0.2, 0) is 20.9 Å². The summed E-state index contributed by atoms with van der Waals surface area (Å²) in [7, 11) is 1.13. The largest absolute Gasteiger partial charge is 0.491 e. The highest BCUT2D eigenvalue weighted by Gasteiger charge is 2.26. The molecular weight excluding hydrogens is 268 g/mol. The summed E-state index contributed by atoms with van der Waals surface area (Å²) in [4.78, 5) is 34.4. The number of fused-ring (bicyclic) bond motifs is 1. The van der Waals surface area contributed by atoms with Gasteiger partial charge in [-0.15, -0.1) is 0 Å². The fourth-order valence-corrected chi connectivity index (χ4v) is 1.86. The van der Waals surface area contributed by atoms with Gasteiger partial charge in [-0.2, -0.15) is 0 Å². The molecule has 1 heterocycles. The van der Waals surface area contributed by atoms with Crippen molar-refractivity contribution in [3.05, 3.63) is 33.9 Å². The van der Waals surface area contributed by atoms with Gasteiger partial charge in [-0.05, 0) is 6.07 Å². The van der Waals surface area contributed by atoms with E-state index in [-0.39, 0.29) is 25.4 Å². The summed E-state index contributed by atoms with van der Waals surface area (Å²) in [5.41, 5.74) is 0.516. The molecule has 0 unspecified atom stereocenters. The molecule has 1 aliphatic rings. The molecule has 8 heteroatoms. The number of hydrogen-bond donors (Lipinski definition) is 0. The third-order valence-corrected chi connectivity index (χ3v) is 2.89. The van der Waals surface area contributed by atoms with Gasteiger partial charge in [-0.25, -0.2) is 4.79 Å². The van der Waals surface area contributed by atoms with Crippen molar-refractivity contribution in [1.82, 2.24) is 4.90 Å². The van der Waals surface area contributed by atoms with E-state index >= 15 is 0 Å². The van der Waals surface area contributed by atoms with Crippen molar-refractivity contribution in [2.24, 2.45) is 0 Å². The standard InChI is InChI=1S/C12H12N2O6/c1-19-12(16)11(15)13-4-5-20-10-6-9(14(17)18)3-2-8(10)7-13/h2-3,6H,4-5,7H2,1H3. The van der Waals surface area contributed by atoms with Gasteiger partial charge in [0.1, 0.15) is 12.4 Å². The van der Waals surface area contributed by atoms with Crippen LogP contribution in [0.2, 0.25) is 0 Å². The molecule has 0 saturated carbocycles. The Kier molecular flexibility index (Phi) is 3.83.